The lowest BCUT2D eigenvalue weighted by Gasteiger charge is -2.17. The fourth-order valence-corrected chi connectivity index (χ4v) is 2.23. The largest absolute Gasteiger partial charge is 0.228 e. The van der Waals surface area contributed by atoms with Gasteiger partial charge in [0.1, 0.15) is 11.3 Å². The first-order valence-electron chi connectivity index (χ1n) is 4.23. The Bertz CT molecular complexity index is 202. The molecule has 2 nitrogen and oxygen atoms in total. The number of rotatable bonds is 1. The molecule has 1 aromatic heterocycles. The van der Waals surface area contributed by atoms with Crippen molar-refractivity contribution in [2.75, 3.05) is 0 Å². The highest BCUT2D eigenvalue weighted by Gasteiger charge is 2.17. The molecule has 0 spiro atoms. The maximum atomic E-state index is 4.27. The SMILES string of the molecule is c1nc(C2CCCCC2)ns1. The van der Waals surface area contributed by atoms with Gasteiger partial charge >= 0.3 is 0 Å². The van der Waals surface area contributed by atoms with Crippen LogP contribution in [0.1, 0.15) is 43.8 Å². The Hall–Kier alpha value is -0.440. The maximum Gasteiger partial charge on any atom is 0.145 e. The summed E-state index contributed by atoms with van der Waals surface area (Å²) in [5, 5.41) is 0. The van der Waals surface area contributed by atoms with Crippen LogP contribution < -0.4 is 0 Å². The predicted octanol–water partition coefficient (Wildman–Crippen LogP) is 2.59. The van der Waals surface area contributed by atoms with E-state index in [-0.39, 0.29) is 0 Å². The highest BCUT2D eigenvalue weighted by Crippen LogP contribution is 2.30. The van der Waals surface area contributed by atoms with Gasteiger partial charge in [-0.15, -0.1) is 0 Å². The number of hydrogen-bond donors (Lipinski definition) is 0. The van der Waals surface area contributed by atoms with E-state index >= 15 is 0 Å². The molecule has 0 unspecified atom stereocenters. The zero-order valence-corrected chi connectivity index (χ0v) is 7.31. The molecule has 1 fully saturated rings. The van der Waals surface area contributed by atoms with Crippen LogP contribution in [0.25, 0.3) is 0 Å². The van der Waals surface area contributed by atoms with Crippen LogP contribution >= 0.6 is 11.5 Å². The second-order valence-electron chi connectivity index (χ2n) is 3.12. The van der Waals surface area contributed by atoms with E-state index in [2.05, 4.69) is 9.36 Å². The molecule has 0 N–H and O–H groups in total. The molecule has 3 heteroatoms. The van der Waals surface area contributed by atoms with E-state index in [4.69, 9.17) is 0 Å². The van der Waals surface area contributed by atoms with Crippen LogP contribution in [-0.2, 0) is 0 Å². The van der Waals surface area contributed by atoms with E-state index in [0.717, 1.165) is 5.82 Å². The molecule has 0 saturated heterocycles. The fourth-order valence-electron chi connectivity index (χ4n) is 1.72. The van der Waals surface area contributed by atoms with Gasteiger partial charge < -0.3 is 0 Å². The number of aromatic nitrogens is 2. The van der Waals surface area contributed by atoms with Gasteiger partial charge in [0.2, 0.25) is 0 Å². The molecule has 60 valence electrons. The van der Waals surface area contributed by atoms with Crippen molar-refractivity contribution in [2.45, 2.75) is 38.0 Å². The summed E-state index contributed by atoms with van der Waals surface area (Å²) in [7, 11) is 0. The Morgan fingerprint density at radius 2 is 2.09 bits per heavy atom. The van der Waals surface area contributed by atoms with Crippen molar-refractivity contribution < 1.29 is 0 Å². The summed E-state index contributed by atoms with van der Waals surface area (Å²) in [5.41, 5.74) is 1.84. The summed E-state index contributed by atoms with van der Waals surface area (Å²) in [6, 6.07) is 0. The molecule has 0 aromatic carbocycles. The van der Waals surface area contributed by atoms with Crippen LogP contribution in [-0.4, -0.2) is 9.36 Å². The van der Waals surface area contributed by atoms with Crippen LogP contribution in [0.5, 0.6) is 0 Å². The van der Waals surface area contributed by atoms with E-state index in [1.807, 2.05) is 5.51 Å². The van der Waals surface area contributed by atoms with Crippen molar-refractivity contribution >= 4 is 11.5 Å². The molecular weight excluding hydrogens is 156 g/mol. The van der Waals surface area contributed by atoms with E-state index in [9.17, 15) is 0 Å². The van der Waals surface area contributed by atoms with Crippen molar-refractivity contribution in [3.63, 3.8) is 0 Å². The fraction of sp³-hybridized carbons (Fsp3) is 0.750. The summed E-state index contributed by atoms with van der Waals surface area (Å²) >= 11 is 1.47. The third kappa shape index (κ3) is 1.59. The molecule has 1 aliphatic carbocycles. The minimum absolute atomic E-state index is 0.676. The highest BCUT2D eigenvalue weighted by molar-refractivity contribution is 7.03. The van der Waals surface area contributed by atoms with Crippen LogP contribution in [0, 0.1) is 0 Å². The molecule has 0 bridgehead atoms. The zero-order chi connectivity index (χ0) is 7.52. The van der Waals surface area contributed by atoms with Gasteiger partial charge in [-0.05, 0) is 24.4 Å². The second kappa shape index (κ2) is 3.30. The van der Waals surface area contributed by atoms with Gasteiger partial charge in [0.25, 0.3) is 0 Å². The van der Waals surface area contributed by atoms with Crippen molar-refractivity contribution in [3.8, 4) is 0 Å². The lowest BCUT2D eigenvalue weighted by atomic mass is 9.89. The monoisotopic (exact) mass is 168 g/mol. The summed E-state index contributed by atoms with van der Waals surface area (Å²) in [6.07, 6.45) is 6.74. The standard InChI is InChI=1S/C8H12N2S/c1-2-4-7(5-3-1)8-9-6-11-10-8/h6-7H,1-5H2. The first-order valence-corrected chi connectivity index (χ1v) is 5.07. The Labute approximate surface area is 70.8 Å². The summed E-state index contributed by atoms with van der Waals surface area (Å²) in [5.74, 6) is 1.77. The molecule has 0 atom stereocenters. The van der Waals surface area contributed by atoms with Crippen molar-refractivity contribution in [1.82, 2.24) is 9.36 Å². The minimum atomic E-state index is 0.676. The lowest BCUT2D eigenvalue weighted by molar-refractivity contribution is 0.431. The average molecular weight is 168 g/mol. The van der Waals surface area contributed by atoms with Crippen molar-refractivity contribution in [3.05, 3.63) is 11.3 Å². The average Bonchev–Trinajstić information content (AvgIpc) is 2.58. The topological polar surface area (TPSA) is 25.8 Å². The quantitative estimate of drug-likeness (QED) is 0.644. The van der Waals surface area contributed by atoms with Crippen LogP contribution in [0.2, 0.25) is 0 Å². The van der Waals surface area contributed by atoms with E-state index < -0.39 is 0 Å². The second-order valence-corrected chi connectivity index (χ2v) is 3.73. The van der Waals surface area contributed by atoms with Gasteiger partial charge in [-0.3, -0.25) is 0 Å². The molecule has 0 amide bonds. The Morgan fingerprint density at radius 1 is 1.27 bits per heavy atom. The summed E-state index contributed by atoms with van der Waals surface area (Å²) in [6.45, 7) is 0. The zero-order valence-electron chi connectivity index (χ0n) is 6.49. The van der Waals surface area contributed by atoms with Gasteiger partial charge in [-0.1, -0.05) is 19.3 Å². The lowest BCUT2D eigenvalue weighted by Crippen LogP contribution is -2.05. The smallest absolute Gasteiger partial charge is 0.145 e. The minimum Gasteiger partial charge on any atom is -0.228 e. The summed E-state index contributed by atoms with van der Waals surface area (Å²) in [4.78, 5) is 4.25. The Kier molecular flexibility index (Phi) is 2.17. The first kappa shape index (κ1) is 7.22. The Morgan fingerprint density at radius 3 is 2.73 bits per heavy atom. The summed E-state index contributed by atoms with van der Waals surface area (Å²) < 4.78 is 4.27. The first-order chi connectivity index (χ1) is 5.47. The predicted molar refractivity (Wildman–Crippen MR) is 45.7 cm³/mol. The third-order valence-corrected chi connectivity index (χ3v) is 2.84. The van der Waals surface area contributed by atoms with Gasteiger partial charge in [0.05, 0.1) is 0 Å². The van der Waals surface area contributed by atoms with Crippen molar-refractivity contribution in [1.29, 1.82) is 0 Å². The normalized spacial score (nSPS) is 20.4. The van der Waals surface area contributed by atoms with Gasteiger partial charge in [0.15, 0.2) is 0 Å². The Balaban J connectivity index is 2.04. The number of nitrogens with zero attached hydrogens (tertiary/aromatic N) is 2. The molecule has 0 radical (unpaired) electrons. The van der Waals surface area contributed by atoms with Crippen molar-refractivity contribution in [2.24, 2.45) is 0 Å². The van der Waals surface area contributed by atoms with Crippen LogP contribution in [0.4, 0.5) is 0 Å². The number of hydrogen-bond acceptors (Lipinski definition) is 3. The maximum absolute atomic E-state index is 4.27. The highest BCUT2D eigenvalue weighted by atomic mass is 32.1. The molecule has 2 rings (SSSR count). The molecule has 1 aliphatic rings. The van der Waals surface area contributed by atoms with E-state index in [1.165, 1.54) is 43.6 Å². The van der Waals surface area contributed by atoms with Gasteiger partial charge in [0, 0.05) is 5.92 Å². The van der Waals surface area contributed by atoms with Gasteiger partial charge in [-0.2, -0.15) is 4.37 Å². The van der Waals surface area contributed by atoms with E-state index in [0.29, 0.717) is 5.92 Å². The van der Waals surface area contributed by atoms with Crippen LogP contribution in [0.3, 0.4) is 0 Å². The third-order valence-electron chi connectivity index (χ3n) is 2.35. The van der Waals surface area contributed by atoms with E-state index in [1.54, 1.807) is 0 Å². The molecular formula is C8H12N2S. The molecule has 1 aromatic rings. The van der Waals surface area contributed by atoms with Crippen LogP contribution in [0.15, 0.2) is 5.51 Å². The van der Waals surface area contributed by atoms with Gasteiger partial charge in [-0.25, -0.2) is 4.98 Å². The molecule has 1 heterocycles. The molecule has 1 saturated carbocycles. The molecule has 0 aliphatic heterocycles. The molecule has 11 heavy (non-hydrogen) atoms.